The van der Waals surface area contributed by atoms with Crippen molar-refractivity contribution in [3.63, 3.8) is 0 Å². The Labute approximate surface area is 111 Å². The first-order valence-corrected chi connectivity index (χ1v) is 7.12. The number of hydrogen-bond acceptors (Lipinski definition) is 3. The number of carbonyl (C=O) groups excluding carboxylic acids is 2. The van der Waals surface area contributed by atoms with Crippen molar-refractivity contribution in [2.75, 3.05) is 6.54 Å². The predicted octanol–water partition coefficient (Wildman–Crippen LogP) is 1.40. The highest BCUT2D eigenvalue weighted by Gasteiger charge is 2.31. The Morgan fingerprint density at radius 2 is 2.28 bits per heavy atom. The van der Waals surface area contributed by atoms with E-state index in [1.54, 1.807) is 16.2 Å². The van der Waals surface area contributed by atoms with E-state index in [9.17, 15) is 9.59 Å². The van der Waals surface area contributed by atoms with E-state index in [4.69, 9.17) is 5.73 Å². The predicted molar refractivity (Wildman–Crippen MR) is 71.1 cm³/mol. The average Bonchev–Trinajstić information content (AvgIpc) is 2.81. The van der Waals surface area contributed by atoms with E-state index in [-0.39, 0.29) is 23.8 Å². The highest BCUT2D eigenvalue weighted by Crippen LogP contribution is 2.22. The van der Waals surface area contributed by atoms with E-state index >= 15 is 0 Å². The number of rotatable bonds is 3. The van der Waals surface area contributed by atoms with Gasteiger partial charge in [-0.3, -0.25) is 9.59 Å². The Hall–Kier alpha value is -1.36. The first-order chi connectivity index (χ1) is 8.58. The highest BCUT2D eigenvalue weighted by molar-refractivity contribution is 7.07. The zero-order chi connectivity index (χ0) is 13.1. The quantitative estimate of drug-likeness (QED) is 0.899. The molecule has 5 heteroatoms. The van der Waals surface area contributed by atoms with Crippen LogP contribution in [-0.2, 0) is 16.0 Å². The largest absolute Gasteiger partial charge is 0.369 e. The summed E-state index contributed by atoms with van der Waals surface area (Å²) < 4.78 is 0. The first kappa shape index (κ1) is 13.1. The van der Waals surface area contributed by atoms with Gasteiger partial charge in [0.25, 0.3) is 0 Å². The Kier molecular flexibility index (Phi) is 4.01. The lowest BCUT2D eigenvalue weighted by molar-refractivity contribution is -0.136. The molecule has 0 saturated carbocycles. The third-order valence-corrected chi connectivity index (χ3v) is 4.27. The molecule has 0 radical (unpaired) electrons. The lowest BCUT2D eigenvalue weighted by Gasteiger charge is -2.37. The third-order valence-electron chi connectivity index (χ3n) is 3.54. The second-order valence-corrected chi connectivity index (χ2v) is 5.66. The molecule has 2 N–H and O–H groups in total. The second-order valence-electron chi connectivity index (χ2n) is 4.88. The molecule has 2 heterocycles. The molecule has 0 aromatic carbocycles. The lowest BCUT2D eigenvalue weighted by Crippen LogP contribution is -2.49. The molecular formula is C13H18N2O2S. The first-order valence-electron chi connectivity index (χ1n) is 6.17. The molecule has 2 rings (SSSR count). The summed E-state index contributed by atoms with van der Waals surface area (Å²) in [6.07, 6.45) is 2.06. The maximum atomic E-state index is 12.2. The summed E-state index contributed by atoms with van der Waals surface area (Å²) in [5.74, 6) is -0.394. The molecule has 1 aromatic rings. The number of amides is 2. The zero-order valence-corrected chi connectivity index (χ0v) is 11.3. The van der Waals surface area contributed by atoms with Crippen LogP contribution in [0.15, 0.2) is 16.8 Å². The summed E-state index contributed by atoms with van der Waals surface area (Å²) in [7, 11) is 0. The van der Waals surface area contributed by atoms with Crippen LogP contribution in [0.4, 0.5) is 0 Å². The van der Waals surface area contributed by atoms with E-state index in [2.05, 4.69) is 0 Å². The number of likely N-dealkylation sites (tertiary alicyclic amines) is 1. The minimum Gasteiger partial charge on any atom is -0.369 e. The zero-order valence-electron chi connectivity index (χ0n) is 10.5. The van der Waals surface area contributed by atoms with Crippen LogP contribution in [0.2, 0.25) is 0 Å². The topological polar surface area (TPSA) is 63.4 Å². The molecule has 2 atom stereocenters. The summed E-state index contributed by atoms with van der Waals surface area (Å²) in [5.41, 5.74) is 6.38. The van der Waals surface area contributed by atoms with Gasteiger partial charge in [0.2, 0.25) is 11.8 Å². The molecule has 1 saturated heterocycles. The van der Waals surface area contributed by atoms with Gasteiger partial charge in [0.1, 0.15) is 0 Å². The molecule has 1 fully saturated rings. The van der Waals surface area contributed by atoms with Crippen LogP contribution in [0.5, 0.6) is 0 Å². The van der Waals surface area contributed by atoms with Gasteiger partial charge in [-0.15, -0.1) is 0 Å². The van der Waals surface area contributed by atoms with Crippen molar-refractivity contribution in [2.24, 2.45) is 11.7 Å². The number of carbonyl (C=O) groups is 2. The van der Waals surface area contributed by atoms with Gasteiger partial charge < -0.3 is 10.6 Å². The molecule has 4 nitrogen and oxygen atoms in total. The van der Waals surface area contributed by atoms with Crippen LogP contribution < -0.4 is 5.73 Å². The summed E-state index contributed by atoms with van der Waals surface area (Å²) >= 11 is 1.59. The Bertz CT molecular complexity index is 430. The van der Waals surface area contributed by atoms with Gasteiger partial charge in [-0.1, -0.05) is 0 Å². The SMILES string of the molecule is C[C@H]1CC[C@@H](C(N)=O)CN1C(=O)Cc1ccsc1. The van der Waals surface area contributed by atoms with Crippen molar-refractivity contribution in [2.45, 2.75) is 32.2 Å². The van der Waals surface area contributed by atoms with Crippen molar-refractivity contribution in [1.82, 2.24) is 4.90 Å². The number of primary amides is 1. The molecule has 0 bridgehead atoms. The maximum Gasteiger partial charge on any atom is 0.227 e. The summed E-state index contributed by atoms with van der Waals surface area (Å²) in [6.45, 7) is 2.50. The van der Waals surface area contributed by atoms with Crippen LogP contribution in [0.3, 0.4) is 0 Å². The monoisotopic (exact) mass is 266 g/mol. The van der Waals surface area contributed by atoms with E-state index in [0.29, 0.717) is 13.0 Å². The van der Waals surface area contributed by atoms with Crippen LogP contribution in [0.25, 0.3) is 0 Å². The summed E-state index contributed by atoms with van der Waals surface area (Å²) in [6, 6.07) is 2.16. The van der Waals surface area contributed by atoms with Gasteiger partial charge in [-0.25, -0.2) is 0 Å². The van der Waals surface area contributed by atoms with Gasteiger partial charge in [-0.2, -0.15) is 11.3 Å². The van der Waals surface area contributed by atoms with Crippen molar-refractivity contribution in [3.05, 3.63) is 22.4 Å². The van der Waals surface area contributed by atoms with Crippen LogP contribution in [0, 0.1) is 5.92 Å². The number of piperidine rings is 1. The summed E-state index contributed by atoms with van der Waals surface area (Å²) in [4.78, 5) is 25.3. The normalized spacial score (nSPS) is 23.9. The molecule has 1 aliphatic heterocycles. The molecule has 0 aliphatic carbocycles. The molecule has 1 aliphatic rings. The smallest absolute Gasteiger partial charge is 0.227 e. The number of thiophene rings is 1. The van der Waals surface area contributed by atoms with Gasteiger partial charge in [-0.05, 0) is 42.2 Å². The number of nitrogens with zero attached hydrogens (tertiary/aromatic N) is 1. The van der Waals surface area contributed by atoms with Gasteiger partial charge in [0.05, 0.1) is 12.3 Å². The molecule has 0 spiro atoms. The van der Waals surface area contributed by atoms with Gasteiger partial charge in [0.15, 0.2) is 0 Å². The molecule has 18 heavy (non-hydrogen) atoms. The van der Waals surface area contributed by atoms with Gasteiger partial charge >= 0.3 is 0 Å². The molecule has 2 amide bonds. The Balaban J connectivity index is 2.01. The van der Waals surface area contributed by atoms with E-state index < -0.39 is 0 Å². The summed E-state index contributed by atoms with van der Waals surface area (Å²) in [5, 5.41) is 3.95. The van der Waals surface area contributed by atoms with Crippen molar-refractivity contribution in [3.8, 4) is 0 Å². The van der Waals surface area contributed by atoms with Crippen LogP contribution in [0.1, 0.15) is 25.3 Å². The fourth-order valence-electron chi connectivity index (χ4n) is 2.36. The standard InChI is InChI=1S/C13H18N2O2S/c1-9-2-3-11(13(14)17)7-15(9)12(16)6-10-4-5-18-8-10/h4-5,8-9,11H,2-3,6-7H2,1H3,(H2,14,17)/t9-,11+/m0/s1. The van der Waals surface area contributed by atoms with Gasteiger partial charge in [0, 0.05) is 12.6 Å². The van der Waals surface area contributed by atoms with E-state index in [1.807, 2.05) is 23.8 Å². The van der Waals surface area contributed by atoms with E-state index in [1.165, 1.54) is 0 Å². The lowest BCUT2D eigenvalue weighted by atomic mass is 9.92. The van der Waals surface area contributed by atoms with Crippen molar-refractivity contribution in [1.29, 1.82) is 0 Å². The highest BCUT2D eigenvalue weighted by atomic mass is 32.1. The van der Waals surface area contributed by atoms with Crippen LogP contribution in [-0.4, -0.2) is 29.3 Å². The molecular weight excluding hydrogens is 248 g/mol. The van der Waals surface area contributed by atoms with Crippen molar-refractivity contribution >= 4 is 23.2 Å². The van der Waals surface area contributed by atoms with E-state index in [0.717, 1.165) is 18.4 Å². The van der Waals surface area contributed by atoms with Crippen molar-refractivity contribution < 1.29 is 9.59 Å². The molecule has 1 aromatic heterocycles. The second kappa shape index (κ2) is 5.52. The number of hydrogen-bond donors (Lipinski definition) is 1. The Morgan fingerprint density at radius 3 is 2.89 bits per heavy atom. The molecule has 0 unspecified atom stereocenters. The maximum absolute atomic E-state index is 12.2. The molecule has 98 valence electrons. The minimum absolute atomic E-state index is 0.0897. The third kappa shape index (κ3) is 2.90. The Morgan fingerprint density at radius 1 is 1.50 bits per heavy atom. The number of nitrogens with two attached hydrogens (primary N) is 1. The fraction of sp³-hybridized carbons (Fsp3) is 0.538. The fourth-order valence-corrected chi connectivity index (χ4v) is 3.02. The average molecular weight is 266 g/mol. The minimum atomic E-state index is -0.296. The van der Waals surface area contributed by atoms with Crippen LogP contribution >= 0.6 is 11.3 Å².